The molecule has 0 aliphatic carbocycles. The smallest absolute Gasteiger partial charge is 0.0967 e. The number of rotatable bonds is 2. The Labute approximate surface area is 100 Å². The molecule has 4 heteroatoms. The van der Waals surface area contributed by atoms with Crippen molar-refractivity contribution in [2.75, 3.05) is 26.2 Å². The fourth-order valence-corrected chi connectivity index (χ4v) is 2.13. The lowest BCUT2D eigenvalue weighted by Crippen LogP contribution is -2.38. The van der Waals surface area contributed by atoms with Crippen LogP contribution in [0.4, 0.5) is 0 Å². The number of hydrogen-bond donors (Lipinski definition) is 0. The van der Waals surface area contributed by atoms with Crippen LogP contribution in [0.15, 0.2) is 24.3 Å². The lowest BCUT2D eigenvalue weighted by Gasteiger charge is -2.31. The third kappa shape index (κ3) is 2.53. The quantitative estimate of drug-likeness (QED) is 0.739. The molecule has 1 fully saturated rings. The van der Waals surface area contributed by atoms with Crippen LogP contribution >= 0.6 is 11.6 Å². The Morgan fingerprint density at radius 1 is 1.50 bits per heavy atom. The zero-order valence-electron chi connectivity index (χ0n) is 8.90. The van der Waals surface area contributed by atoms with Gasteiger partial charge in [0, 0.05) is 23.7 Å². The second kappa shape index (κ2) is 5.31. The van der Waals surface area contributed by atoms with Crippen molar-refractivity contribution in [1.82, 2.24) is 4.90 Å². The Kier molecular flexibility index (Phi) is 3.79. The summed E-state index contributed by atoms with van der Waals surface area (Å²) in [5.74, 6) is 0. The van der Waals surface area contributed by atoms with E-state index in [9.17, 15) is 0 Å². The zero-order valence-corrected chi connectivity index (χ0v) is 9.65. The van der Waals surface area contributed by atoms with Crippen LogP contribution in [0.2, 0.25) is 5.02 Å². The highest BCUT2D eigenvalue weighted by Gasteiger charge is 2.22. The predicted molar refractivity (Wildman–Crippen MR) is 62.2 cm³/mol. The maximum atomic E-state index is 8.67. The summed E-state index contributed by atoms with van der Waals surface area (Å²) in [6, 6.07) is 9.86. The summed E-state index contributed by atoms with van der Waals surface area (Å²) in [4.78, 5) is 2.08. The lowest BCUT2D eigenvalue weighted by atomic mass is 10.1. The van der Waals surface area contributed by atoms with Gasteiger partial charge in [-0.05, 0) is 6.07 Å². The summed E-state index contributed by atoms with van der Waals surface area (Å²) in [5.41, 5.74) is 1.01. The minimum atomic E-state index is -0.0178. The van der Waals surface area contributed by atoms with Gasteiger partial charge in [0.15, 0.2) is 0 Å². The Hall–Kier alpha value is -1.08. The van der Waals surface area contributed by atoms with Gasteiger partial charge in [0.25, 0.3) is 0 Å². The molecule has 1 aliphatic rings. The van der Waals surface area contributed by atoms with Crippen LogP contribution < -0.4 is 0 Å². The molecule has 0 unspecified atom stereocenters. The monoisotopic (exact) mass is 236 g/mol. The van der Waals surface area contributed by atoms with Crippen LogP contribution in [0.25, 0.3) is 0 Å². The molecular weight excluding hydrogens is 224 g/mol. The maximum Gasteiger partial charge on any atom is 0.0967 e. The maximum absolute atomic E-state index is 8.67. The minimum absolute atomic E-state index is 0.0178. The average molecular weight is 237 g/mol. The Morgan fingerprint density at radius 2 is 2.31 bits per heavy atom. The highest BCUT2D eigenvalue weighted by molar-refractivity contribution is 6.31. The first-order valence-corrected chi connectivity index (χ1v) is 5.64. The lowest BCUT2D eigenvalue weighted by molar-refractivity contribution is -0.0254. The molecule has 0 spiro atoms. The third-order valence-corrected chi connectivity index (χ3v) is 3.04. The van der Waals surface area contributed by atoms with Gasteiger partial charge in [-0.1, -0.05) is 29.8 Å². The van der Waals surface area contributed by atoms with Gasteiger partial charge in [0.2, 0.25) is 0 Å². The summed E-state index contributed by atoms with van der Waals surface area (Å²) in [5, 5.41) is 9.40. The standard InChI is InChI=1S/C12H13ClN2O/c13-11-4-2-1-3-10(11)12-9-15(6-5-14)7-8-16-12/h1-4,12H,6-9H2/t12-/m1/s1. The second-order valence-electron chi connectivity index (χ2n) is 3.77. The van der Waals surface area contributed by atoms with Gasteiger partial charge in [-0.25, -0.2) is 0 Å². The Balaban J connectivity index is 2.10. The molecule has 3 nitrogen and oxygen atoms in total. The van der Waals surface area contributed by atoms with E-state index in [-0.39, 0.29) is 6.10 Å². The van der Waals surface area contributed by atoms with E-state index >= 15 is 0 Å². The molecule has 84 valence electrons. The van der Waals surface area contributed by atoms with E-state index in [1.165, 1.54) is 0 Å². The van der Waals surface area contributed by atoms with Crippen LogP contribution in [-0.2, 0) is 4.74 Å². The van der Waals surface area contributed by atoms with Crippen molar-refractivity contribution in [2.45, 2.75) is 6.10 Å². The first-order valence-electron chi connectivity index (χ1n) is 5.26. The Morgan fingerprint density at radius 3 is 3.06 bits per heavy atom. The fraction of sp³-hybridized carbons (Fsp3) is 0.417. The number of halogens is 1. The number of morpholine rings is 1. The van der Waals surface area contributed by atoms with Crippen LogP contribution in [0.1, 0.15) is 11.7 Å². The van der Waals surface area contributed by atoms with Crippen molar-refractivity contribution >= 4 is 11.6 Å². The molecule has 1 aromatic carbocycles. The van der Waals surface area contributed by atoms with E-state index in [2.05, 4.69) is 11.0 Å². The topological polar surface area (TPSA) is 36.3 Å². The normalized spacial score (nSPS) is 21.6. The van der Waals surface area contributed by atoms with Gasteiger partial charge in [0.05, 0.1) is 25.3 Å². The number of hydrogen-bond acceptors (Lipinski definition) is 3. The van der Waals surface area contributed by atoms with Crippen molar-refractivity contribution < 1.29 is 4.74 Å². The van der Waals surface area contributed by atoms with Gasteiger partial charge >= 0.3 is 0 Å². The van der Waals surface area contributed by atoms with Gasteiger partial charge in [-0.3, -0.25) is 4.90 Å². The predicted octanol–water partition coefficient (Wildman–Crippen LogP) is 2.24. The van der Waals surface area contributed by atoms with Crippen molar-refractivity contribution in [3.05, 3.63) is 34.9 Å². The zero-order chi connectivity index (χ0) is 11.4. The number of nitrogens with zero attached hydrogens (tertiary/aromatic N) is 2. The molecule has 0 amide bonds. The first-order chi connectivity index (χ1) is 7.81. The number of nitriles is 1. The summed E-state index contributed by atoms with van der Waals surface area (Å²) >= 11 is 6.12. The van der Waals surface area contributed by atoms with Gasteiger partial charge in [-0.15, -0.1) is 0 Å². The van der Waals surface area contributed by atoms with Crippen molar-refractivity contribution in [1.29, 1.82) is 5.26 Å². The van der Waals surface area contributed by atoms with Crippen LogP contribution in [-0.4, -0.2) is 31.1 Å². The summed E-state index contributed by atoms with van der Waals surface area (Å²) in [7, 11) is 0. The summed E-state index contributed by atoms with van der Waals surface area (Å²) in [6.45, 7) is 2.65. The van der Waals surface area contributed by atoms with Crippen molar-refractivity contribution in [3.8, 4) is 6.07 Å². The highest BCUT2D eigenvalue weighted by atomic mass is 35.5. The first kappa shape index (κ1) is 11.4. The van der Waals surface area contributed by atoms with Crippen LogP contribution in [0, 0.1) is 11.3 Å². The molecule has 1 aliphatic heterocycles. The van der Waals surface area contributed by atoms with Crippen molar-refractivity contribution in [2.24, 2.45) is 0 Å². The highest BCUT2D eigenvalue weighted by Crippen LogP contribution is 2.27. The van der Waals surface area contributed by atoms with E-state index < -0.39 is 0 Å². The average Bonchev–Trinajstić information content (AvgIpc) is 2.30. The molecule has 0 aromatic heterocycles. The molecule has 1 aromatic rings. The number of benzene rings is 1. The summed E-state index contributed by atoms with van der Waals surface area (Å²) in [6.07, 6.45) is -0.0178. The molecular formula is C12H13ClN2O. The van der Waals surface area contributed by atoms with Crippen LogP contribution in [0.3, 0.4) is 0 Å². The molecule has 16 heavy (non-hydrogen) atoms. The van der Waals surface area contributed by atoms with Gasteiger partial charge < -0.3 is 4.74 Å². The van der Waals surface area contributed by atoms with E-state index in [0.29, 0.717) is 13.2 Å². The van der Waals surface area contributed by atoms with E-state index in [1.54, 1.807) is 0 Å². The fourth-order valence-electron chi connectivity index (χ4n) is 1.87. The summed E-state index contributed by atoms with van der Waals surface area (Å²) < 4.78 is 5.69. The van der Waals surface area contributed by atoms with Crippen LogP contribution in [0.5, 0.6) is 0 Å². The molecule has 0 saturated carbocycles. The molecule has 2 rings (SSSR count). The third-order valence-electron chi connectivity index (χ3n) is 2.70. The van der Waals surface area contributed by atoms with E-state index in [0.717, 1.165) is 23.7 Å². The molecule has 0 N–H and O–H groups in total. The number of ether oxygens (including phenoxy) is 1. The van der Waals surface area contributed by atoms with Gasteiger partial charge in [-0.2, -0.15) is 5.26 Å². The molecule has 1 heterocycles. The molecule has 0 radical (unpaired) electrons. The van der Waals surface area contributed by atoms with E-state index in [4.69, 9.17) is 21.6 Å². The Bertz CT molecular complexity index is 402. The molecule has 1 atom stereocenters. The van der Waals surface area contributed by atoms with Gasteiger partial charge in [0.1, 0.15) is 0 Å². The largest absolute Gasteiger partial charge is 0.371 e. The van der Waals surface area contributed by atoms with E-state index in [1.807, 2.05) is 24.3 Å². The molecule has 1 saturated heterocycles. The SMILES string of the molecule is N#CCN1CCO[C@@H](c2ccccc2Cl)C1. The molecule has 0 bridgehead atoms. The second-order valence-corrected chi connectivity index (χ2v) is 4.18. The van der Waals surface area contributed by atoms with Crippen molar-refractivity contribution in [3.63, 3.8) is 0 Å². The minimum Gasteiger partial charge on any atom is -0.371 e.